The van der Waals surface area contributed by atoms with Gasteiger partial charge in [-0.3, -0.25) is 0 Å². The predicted octanol–water partition coefficient (Wildman–Crippen LogP) is 3.36. The van der Waals surface area contributed by atoms with Crippen molar-refractivity contribution in [1.29, 1.82) is 0 Å². The number of benzene rings is 2. The number of hydrogen-bond donors (Lipinski definition) is 2. The summed E-state index contributed by atoms with van der Waals surface area (Å²) in [5, 5.41) is 4.88. The highest BCUT2D eigenvalue weighted by Crippen LogP contribution is 2.37. The Balaban J connectivity index is 1.66. The van der Waals surface area contributed by atoms with E-state index in [9.17, 15) is 0 Å². The van der Waals surface area contributed by atoms with E-state index in [0.29, 0.717) is 6.61 Å². The maximum Gasteiger partial charge on any atom is 0.161 e. The maximum atomic E-state index is 5.92. The number of ether oxygens (including phenoxy) is 3. The lowest BCUT2D eigenvalue weighted by atomic mass is 9.94. The van der Waals surface area contributed by atoms with E-state index < -0.39 is 0 Å². The molecule has 2 N–H and O–H groups in total. The molecule has 2 aromatic carbocycles. The third kappa shape index (κ3) is 3.91. The van der Waals surface area contributed by atoms with E-state index >= 15 is 0 Å². The Morgan fingerprint density at radius 2 is 1.90 bits per heavy atom. The zero-order valence-electron chi connectivity index (χ0n) is 17.5. The SMILES string of the molecule is COc1ccc2[nH]c3c(c2c1)CCNC3c1ccc(OCCN(C)C)c(OC)c1. The van der Waals surface area contributed by atoms with Crippen LogP contribution in [0.5, 0.6) is 17.2 Å². The van der Waals surface area contributed by atoms with Crippen LogP contribution in [0.15, 0.2) is 36.4 Å². The molecule has 0 aliphatic carbocycles. The zero-order valence-corrected chi connectivity index (χ0v) is 17.5. The molecule has 0 fully saturated rings. The average Bonchev–Trinajstić information content (AvgIpc) is 3.11. The van der Waals surface area contributed by atoms with E-state index in [-0.39, 0.29) is 6.04 Å². The number of rotatable bonds is 7. The number of fused-ring (bicyclic) bond motifs is 3. The van der Waals surface area contributed by atoms with Crippen molar-refractivity contribution in [3.05, 3.63) is 53.2 Å². The van der Waals surface area contributed by atoms with Crippen molar-refractivity contribution < 1.29 is 14.2 Å². The van der Waals surface area contributed by atoms with Crippen molar-refractivity contribution in [1.82, 2.24) is 15.2 Å². The van der Waals surface area contributed by atoms with Gasteiger partial charge in [0.05, 0.1) is 20.3 Å². The van der Waals surface area contributed by atoms with Crippen LogP contribution < -0.4 is 19.5 Å². The number of H-pyrrole nitrogens is 1. The molecule has 1 unspecified atom stereocenters. The monoisotopic (exact) mass is 395 g/mol. The summed E-state index contributed by atoms with van der Waals surface area (Å²) < 4.78 is 17.0. The summed E-state index contributed by atoms with van der Waals surface area (Å²) in [6.07, 6.45) is 0.988. The highest BCUT2D eigenvalue weighted by molar-refractivity contribution is 5.86. The second-order valence-electron chi connectivity index (χ2n) is 7.63. The Kier molecular flexibility index (Phi) is 5.65. The summed E-state index contributed by atoms with van der Waals surface area (Å²) >= 11 is 0. The van der Waals surface area contributed by atoms with Crippen molar-refractivity contribution in [2.75, 3.05) is 48.0 Å². The molecular formula is C23H29N3O3. The lowest BCUT2D eigenvalue weighted by Gasteiger charge is -2.25. The first kappa shape index (κ1) is 19.6. The molecule has 0 amide bonds. The number of methoxy groups -OCH3 is 2. The van der Waals surface area contributed by atoms with Crippen LogP contribution >= 0.6 is 0 Å². The van der Waals surface area contributed by atoms with Crippen LogP contribution in [0.2, 0.25) is 0 Å². The molecule has 4 rings (SSSR count). The molecule has 6 nitrogen and oxygen atoms in total. The van der Waals surface area contributed by atoms with E-state index in [2.05, 4.69) is 39.5 Å². The first-order valence-electron chi connectivity index (χ1n) is 9.98. The first-order chi connectivity index (χ1) is 14.1. The fourth-order valence-electron chi connectivity index (χ4n) is 3.94. The van der Waals surface area contributed by atoms with Gasteiger partial charge in [0.25, 0.3) is 0 Å². The normalized spacial score (nSPS) is 16.1. The summed E-state index contributed by atoms with van der Waals surface area (Å²) in [5.41, 5.74) is 4.86. The van der Waals surface area contributed by atoms with E-state index in [1.54, 1.807) is 14.2 Å². The molecule has 0 saturated carbocycles. The minimum absolute atomic E-state index is 0.0851. The Morgan fingerprint density at radius 3 is 2.66 bits per heavy atom. The molecule has 0 spiro atoms. The van der Waals surface area contributed by atoms with Gasteiger partial charge in [-0.25, -0.2) is 0 Å². The summed E-state index contributed by atoms with van der Waals surface area (Å²) in [7, 11) is 7.46. The third-order valence-electron chi connectivity index (χ3n) is 5.48. The van der Waals surface area contributed by atoms with Gasteiger partial charge in [0.2, 0.25) is 0 Å². The Hall–Kier alpha value is -2.70. The Morgan fingerprint density at radius 1 is 1.03 bits per heavy atom. The van der Waals surface area contributed by atoms with Crippen LogP contribution in [-0.2, 0) is 6.42 Å². The van der Waals surface area contributed by atoms with E-state index in [4.69, 9.17) is 14.2 Å². The lowest BCUT2D eigenvalue weighted by Crippen LogP contribution is -2.30. The van der Waals surface area contributed by atoms with Crippen LogP contribution in [0.1, 0.15) is 22.9 Å². The van der Waals surface area contributed by atoms with Crippen molar-refractivity contribution in [3.8, 4) is 17.2 Å². The van der Waals surface area contributed by atoms with E-state index in [1.807, 2.05) is 26.2 Å². The smallest absolute Gasteiger partial charge is 0.161 e. The maximum absolute atomic E-state index is 5.92. The van der Waals surface area contributed by atoms with Gasteiger partial charge in [0.15, 0.2) is 11.5 Å². The van der Waals surface area contributed by atoms with Crippen molar-refractivity contribution in [3.63, 3.8) is 0 Å². The minimum atomic E-state index is 0.0851. The highest BCUT2D eigenvalue weighted by Gasteiger charge is 2.26. The fourth-order valence-corrected chi connectivity index (χ4v) is 3.94. The Labute approximate surface area is 171 Å². The quantitative estimate of drug-likeness (QED) is 0.642. The van der Waals surface area contributed by atoms with Gasteiger partial charge >= 0.3 is 0 Å². The summed E-state index contributed by atoms with van der Waals surface area (Å²) in [6.45, 7) is 2.40. The number of likely N-dealkylation sites (N-methyl/N-ethyl adjacent to an activating group) is 1. The number of hydrogen-bond acceptors (Lipinski definition) is 5. The molecule has 29 heavy (non-hydrogen) atoms. The van der Waals surface area contributed by atoms with Gasteiger partial charge in [0, 0.05) is 29.7 Å². The third-order valence-corrected chi connectivity index (χ3v) is 5.48. The molecule has 154 valence electrons. The summed E-state index contributed by atoms with van der Waals surface area (Å²) in [6, 6.07) is 12.5. The largest absolute Gasteiger partial charge is 0.497 e. The summed E-state index contributed by atoms with van der Waals surface area (Å²) in [5.74, 6) is 2.42. The van der Waals surface area contributed by atoms with Gasteiger partial charge in [0.1, 0.15) is 12.4 Å². The first-order valence-corrected chi connectivity index (χ1v) is 9.98. The van der Waals surface area contributed by atoms with E-state index in [0.717, 1.165) is 47.8 Å². The van der Waals surface area contributed by atoms with Crippen LogP contribution in [0.25, 0.3) is 10.9 Å². The molecule has 1 aliphatic heterocycles. The zero-order chi connectivity index (χ0) is 20.4. The molecule has 1 atom stereocenters. The summed E-state index contributed by atoms with van der Waals surface area (Å²) in [4.78, 5) is 5.72. The second-order valence-corrected chi connectivity index (χ2v) is 7.63. The molecule has 1 aromatic heterocycles. The molecule has 0 radical (unpaired) electrons. The number of nitrogens with one attached hydrogen (secondary N) is 2. The predicted molar refractivity (Wildman–Crippen MR) is 115 cm³/mol. The lowest BCUT2D eigenvalue weighted by molar-refractivity contribution is 0.250. The highest BCUT2D eigenvalue weighted by atomic mass is 16.5. The van der Waals surface area contributed by atoms with Gasteiger partial charge in [-0.2, -0.15) is 0 Å². The Bertz CT molecular complexity index is 996. The molecule has 0 bridgehead atoms. The number of nitrogens with zero attached hydrogens (tertiary/aromatic N) is 1. The van der Waals surface area contributed by atoms with E-state index in [1.165, 1.54) is 16.6 Å². The van der Waals surface area contributed by atoms with Crippen molar-refractivity contribution in [2.45, 2.75) is 12.5 Å². The van der Waals surface area contributed by atoms with Crippen LogP contribution in [-0.4, -0.2) is 57.9 Å². The minimum Gasteiger partial charge on any atom is -0.497 e. The fraction of sp³-hybridized carbons (Fsp3) is 0.391. The van der Waals surface area contributed by atoms with Gasteiger partial charge in [-0.15, -0.1) is 0 Å². The molecule has 3 aromatic rings. The van der Waals surface area contributed by atoms with Crippen molar-refractivity contribution in [2.24, 2.45) is 0 Å². The number of aromatic amines is 1. The number of aromatic nitrogens is 1. The molecule has 6 heteroatoms. The van der Waals surface area contributed by atoms with Gasteiger partial charge in [-0.05, 0) is 62.0 Å². The van der Waals surface area contributed by atoms with Gasteiger partial charge in [-0.1, -0.05) is 6.07 Å². The standard InChI is InChI=1S/C23H29N3O3/c1-26(2)11-12-29-20-8-5-15(13-21(20)28-4)22-23-17(9-10-24-22)18-14-16(27-3)6-7-19(18)25-23/h5-8,13-14,22,24-25H,9-12H2,1-4H3. The van der Waals surface area contributed by atoms with Crippen LogP contribution in [0, 0.1) is 0 Å². The topological polar surface area (TPSA) is 58.8 Å². The molecule has 1 aliphatic rings. The van der Waals surface area contributed by atoms with Crippen molar-refractivity contribution >= 4 is 10.9 Å². The van der Waals surface area contributed by atoms with Crippen LogP contribution in [0.4, 0.5) is 0 Å². The van der Waals surface area contributed by atoms with Crippen LogP contribution in [0.3, 0.4) is 0 Å². The van der Waals surface area contributed by atoms with Gasteiger partial charge < -0.3 is 29.4 Å². The second kappa shape index (κ2) is 8.35. The molecular weight excluding hydrogens is 366 g/mol. The molecule has 0 saturated heterocycles. The molecule has 2 heterocycles. The average molecular weight is 396 g/mol.